The highest BCUT2D eigenvalue weighted by Gasteiger charge is 2.21. The van der Waals surface area contributed by atoms with E-state index in [9.17, 15) is 4.79 Å². The Morgan fingerprint density at radius 3 is 2.80 bits per heavy atom. The molecule has 0 amide bonds. The van der Waals surface area contributed by atoms with Crippen molar-refractivity contribution >= 4 is 11.8 Å². The number of pyridine rings is 1. The van der Waals surface area contributed by atoms with Crippen LogP contribution in [-0.2, 0) is 4.84 Å². The molecular weight excluding hydrogens is 258 g/mol. The topological polar surface area (TPSA) is 83.8 Å². The number of aromatic nitrogens is 1. The van der Waals surface area contributed by atoms with Gasteiger partial charge in [-0.05, 0) is 24.3 Å². The van der Waals surface area contributed by atoms with Crippen molar-refractivity contribution in [3.8, 4) is 0 Å². The van der Waals surface area contributed by atoms with Gasteiger partial charge in [-0.15, -0.1) is 0 Å². The SMILES string of the molecule is O=C(O)c1cccc(C2=NC(c3ccncc3)ON2)c1. The lowest BCUT2D eigenvalue weighted by atomic mass is 10.1. The third-order valence-corrected chi connectivity index (χ3v) is 2.89. The fourth-order valence-corrected chi connectivity index (χ4v) is 1.89. The molecule has 1 unspecified atom stereocenters. The number of hydrogen-bond acceptors (Lipinski definition) is 5. The van der Waals surface area contributed by atoms with E-state index in [1.807, 2.05) is 12.1 Å². The van der Waals surface area contributed by atoms with Crippen LogP contribution in [0.2, 0.25) is 0 Å². The zero-order valence-corrected chi connectivity index (χ0v) is 10.4. The number of aliphatic imine (C=N–C) groups is 1. The van der Waals surface area contributed by atoms with Crippen LogP contribution >= 0.6 is 0 Å². The first-order valence-electron chi connectivity index (χ1n) is 5.97. The monoisotopic (exact) mass is 269 g/mol. The molecule has 1 aliphatic heterocycles. The largest absolute Gasteiger partial charge is 0.478 e. The van der Waals surface area contributed by atoms with Crippen molar-refractivity contribution < 1.29 is 14.7 Å². The normalized spacial score (nSPS) is 17.4. The van der Waals surface area contributed by atoms with Crippen molar-refractivity contribution in [1.82, 2.24) is 10.5 Å². The van der Waals surface area contributed by atoms with Gasteiger partial charge in [-0.2, -0.15) is 0 Å². The molecule has 0 fully saturated rings. The van der Waals surface area contributed by atoms with Crippen LogP contribution in [0.3, 0.4) is 0 Å². The highest BCUT2D eigenvalue weighted by molar-refractivity contribution is 6.01. The summed E-state index contributed by atoms with van der Waals surface area (Å²) in [5.41, 5.74) is 4.47. The Morgan fingerprint density at radius 1 is 1.25 bits per heavy atom. The highest BCUT2D eigenvalue weighted by atomic mass is 16.7. The molecule has 0 bridgehead atoms. The predicted molar refractivity (Wildman–Crippen MR) is 71.1 cm³/mol. The molecule has 0 radical (unpaired) electrons. The van der Waals surface area contributed by atoms with Crippen LogP contribution in [0, 0.1) is 0 Å². The molecule has 0 spiro atoms. The lowest BCUT2D eigenvalue weighted by Gasteiger charge is -2.04. The van der Waals surface area contributed by atoms with Crippen molar-refractivity contribution in [2.24, 2.45) is 4.99 Å². The lowest BCUT2D eigenvalue weighted by Crippen LogP contribution is -2.18. The van der Waals surface area contributed by atoms with Gasteiger partial charge >= 0.3 is 5.97 Å². The van der Waals surface area contributed by atoms with Crippen LogP contribution in [-0.4, -0.2) is 21.9 Å². The predicted octanol–water partition coefficient (Wildman–Crippen LogP) is 1.76. The number of aromatic carboxylic acids is 1. The van der Waals surface area contributed by atoms with Gasteiger partial charge in [0.15, 0.2) is 5.84 Å². The Balaban J connectivity index is 1.89. The second-order valence-electron chi connectivity index (χ2n) is 4.22. The van der Waals surface area contributed by atoms with Crippen molar-refractivity contribution in [1.29, 1.82) is 0 Å². The summed E-state index contributed by atoms with van der Waals surface area (Å²) in [6.07, 6.45) is 2.87. The van der Waals surface area contributed by atoms with E-state index in [0.717, 1.165) is 5.56 Å². The molecule has 6 heteroatoms. The van der Waals surface area contributed by atoms with Gasteiger partial charge < -0.3 is 5.11 Å². The van der Waals surface area contributed by atoms with Gasteiger partial charge in [0, 0.05) is 23.5 Å². The molecule has 6 nitrogen and oxygen atoms in total. The van der Waals surface area contributed by atoms with E-state index in [0.29, 0.717) is 11.4 Å². The number of carboxylic acid groups (broad SMARTS) is 1. The van der Waals surface area contributed by atoms with Crippen LogP contribution in [0.15, 0.2) is 53.8 Å². The third kappa shape index (κ3) is 2.36. The molecule has 20 heavy (non-hydrogen) atoms. The van der Waals surface area contributed by atoms with E-state index in [1.165, 1.54) is 6.07 Å². The number of hydroxylamine groups is 1. The summed E-state index contributed by atoms with van der Waals surface area (Å²) in [6.45, 7) is 0. The maximum Gasteiger partial charge on any atom is 0.335 e. The minimum atomic E-state index is -0.975. The van der Waals surface area contributed by atoms with E-state index in [1.54, 1.807) is 30.6 Å². The Hall–Kier alpha value is -2.73. The maximum atomic E-state index is 11.0. The summed E-state index contributed by atoms with van der Waals surface area (Å²) in [5, 5.41) is 8.98. The summed E-state index contributed by atoms with van der Waals surface area (Å²) in [5.74, 6) is -0.466. The molecule has 1 atom stereocenters. The van der Waals surface area contributed by atoms with Gasteiger partial charge in [0.25, 0.3) is 0 Å². The number of amidine groups is 1. The van der Waals surface area contributed by atoms with Crippen molar-refractivity contribution in [3.63, 3.8) is 0 Å². The first kappa shape index (κ1) is 12.3. The molecule has 1 aromatic carbocycles. The van der Waals surface area contributed by atoms with E-state index >= 15 is 0 Å². The molecule has 100 valence electrons. The fourth-order valence-electron chi connectivity index (χ4n) is 1.89. The van der Waals surface area contributed by atoms with E-state index in [-0.39, 0.29) is 5.56 Å². The first-order chi connectivity index (χ1) is 9.74. The minimum absolute atomic E-state index is 0.208. The average molecular weight is 269 g/mol. The molecule has 0 saturated heterocycles. The summed E-state index contributed by atoms with van der Waals surface area (Å²) < 4.78 is 0. The van der Waals surface area contributed by atoms with Gasteiger partial charge in [0.1, 0.15) is 0 Å². The molecule has 2 N–H and O–H groups in total. The minimum Gasteiger partial charge on any atom is -0.478 e. The van der Waals surface area contributed by atoms with Crippen LogP contribution in [0.5, 0.6) is 0 Å². The molecule has 0 saturated carbocycles. The number of nitrogens with one attached hydrogen (secondary N) is 1. The zero-order valence-electron chi connectivity index (χ0n) is 10.4. The smallest absolute Gasteiger partial charge is 0.335 e. The highest BCUT2D eigenvalue weighted by Crippen LogP contribution is 2.22. The fraction of sp³-hybridized carbons (Fsp3) is 0.0714. The van der Waals surface area contributed by atoms with Gasteiger partial charge in [-0.25, -0.2) is 20.1 Å². The van der Waals surface area contributed by atoms with E-state index < -0.39 is 12.2 Å². The average Bonchev–Trinajstić information content (AvgIpc) is 2.98. The number of rotatable bonds is 3. The van der Waals surface area contributed by atoms with Gasteiger partial charge in [-0.3, -0.25) is 4.98 Å². The Labute approximate surface area is 114 Å². The van der Waals surface area contributed by atoms with Crippen molar-refractivity contribution in [3.05, 3.63) is 65.5 Å². The summed E-state index contributed by atoms with van der Waals surface area (Å²) >= 11 is 0. The number of carbonyl (C=O) groups is 1. The maximum absolute atomic E-state index is 11.0. The molecular formula is C14H11N3O3. The zero-order chi connectivity index (χ0) is 13.9. The van der Waals surface area contributed by atoms with Gasteiger partial charge in [0.2, 0.25) is 6.23 Å². The van der Waals surface area contributed by atoms with Crippen LogP contribution < -0.4 is 5.48 Å². The number of nitrogens with zero attached hydrogens (tertiary/aromatic N) is 2. The number of carboxylic acids is 1. The van der Waals surface area contributed by atoms with E-state index in [4.69, 9.17) is 9.94 Å². The Bertz CT molecular complexity index is 670. The summed E-state index contributed by atoms with van der Waals surface area (Å²) in [4.78, 5) is 24.7. The molecule has 2 aromatic rings. The second kappa shape index (κ2) is 5.10. The standard InChI is InChI=1S/C14H11N3O3/c18-14(19)11-3-1-2-10(8-11)12-16-13(20-17-12)9-4-6-15-7-5-9/h1-8,13H,(H,16,17)(H,18,19). The quantitative estimate of drug-likeness (QED) is 0.887. The molecule has 3 rings (SSSR count). The molecule has 0 aliphatic carbocycles. The van der Waals surface area contributed by atoms with Gasteiger partial charge in [-0.1, -0.05) is 12.1 Å². The van der Waals surface area contributed by atoms with Crippen LogP contribution in [0.4, 0.5) is 0 Å². The van der Waals surface area contributed by atoms with Crippen LogP contribution in [0.1, 0.15) is 27.7 Å². The van der Waals surface area contributed by atoms with E-state index in [2.05, 4.69) is 15.5 Å². The second-order valence-corrected chi connectivity index (χ2v) is 4.22. The Morgan fingerprint density at radius 2 is 2.05 bits per heavy atom. The first-order valence-corrected chi connectivity index (χ1v) is 5.97. The van der Waals surface area contributed by atoms with Crippen LogP contribution in [0.25, 0.3) is 0 Å². The molecule has 1 aliphatic rings. The Kier molecular flexibility index (Phi) is 3.14. The number of hydrogen-bond donors (Lipinski definition) is 2. The number of benzene rings is 1. The lowest BCUT2D eigenvalue weighted by molar-refractivity contribution is 0.0376. The summed E-state index contributed by atoms with van der Waals surface area (Å²) in [6, 6.07) is 10.1. The van der Waals surface area contributed by atoms with Gasteiger partial charge in [0.05, 0.1) is 5.56 Å². The van der Waals surface area contributed by atoms with Crippen molar-refractivity contribution in [2.75, 3.05) is 0 Å². The third-order valence-electron chi connectivity index (χ3n) is 2.89. The molecule has 1 aromatic heterocycles. The van der Waals surface area contributed by atoms with Crippen molar-refractivity contribution in [2.45, 2.75) is 6.23 Å². The molecule has 2 heterocycles. The summed E-state index contributed by atoms with van der Waals surface area (Å²) in [7, 11) is 0.